The third-order valence-corrected chi connectivity index (χ3v) is 8.49. The summed E-state index contributed by atoms with van der Waals surface area (Å²) >= 11 is 0. The minimum atomic E-state index is -0.925. The second-order valence-corrected chi connectivity index (χ2v) is 10.6. The Morgan fingerprint density at radius 3 is 2.64 bits per heavy atom. The molecule has 0 unspecified atom stereocenters. The number of carbonyl (C=O) groups excluding carboxylic acids is 3. The SMILES string of the molecule is COC(=O)C[C@H]1C(C)(C)C(=O)C=C[C@]1(C)[C@H]1CC[C@@](C)([C@@H](O)c2ccoc2)C2=C1COC2=O. The zero-order chi connectivity index (χ0) is 24.2. The highest BCUT2D eigenvalue weighted by Gasteiger charge is 2.58. The zero-order valence-corrected chi connectivity index (χ0v) is 19.8. The van der Waals surface area contributed by atoms with E-state index < -0.39 is 28.3 Å². The predicted molar refractivity (Wildman–Crippen MR) is 119 cm³/mol. The second kappa shape index (κ2) is 7.97. The molecule has 1 aliphatic heterocycles. The Hall–Kier alpha value is -2.67. The molecule has 33 heavy (non-hydrogen) atoms. The normalized spacial score (nSPS) is 34.1. The quantitative estimate of drug-likeness (QED) is 0.670. The van der Waals surface area contributed by atoms with Crippen LogP contribution >= 0.6 is 0 Å². The number of hydrogen-bond donors (Lipinski definition) is 1. The van der Waals surface area contributed by atoms with Crippen molar-refractivity contribution in [3.63, 3.8) is 0 Å². The van der Waals surface area contributed by atoms with Gasteiger partial charge in [0.25, 0.3) is 0 Å². The number of methoxy groups -OCH3 is 1. The number of rotatable bonds is 5. The Balaban J connectivity index is 1.82. The third kappa shape index (κ3) is 3.48. The Morgan fingerprint density at radius 2 is 2.00 bits per heavy atom. The lowest BCUT2D eigenvalue weighted by Crippen LogP contribution is -2.51. The molecule has 0 spiro atoms. The van der Waals surface area contributed by atoms with E-state index in [1.807, 2.05) is 26.8 Å². The molecular formula is C26H32O7. The minimum absolute atomic E-state index is 0.0298. The van der Waals surface area contributed by atoms with Gasteiger partial charge in [-0.15, -0.1) is 0 Å². The van der Waals surface area contributed by atoms with Gasteiger partial charge in [0, 0.05) is 22.0 Å². The molecule has 1 aromatic rings. The van der Waals surface area contributed by atoms with Gasteiger partial charge in [-0.3, -0.25) is 9.59 Å². The molecule has 0 fully saturated rings. The molecule has 1 N–H and O–H groups in total. The van der Waals surface area contributed by atoms with Crippen molar-refractivity contribution in [3.8, 4) is 0 Å². The zero-order valence-electron chi connectivity index (χ0n) is 19.8. The lowest BCUT2D eigenvalue weighted by molar-refractivity contribution is -0.147. The van der Waals surface area contributed by atoms with E-state index in [1.165, 1.54) is 19.6 Å². The topological polar surface area (TPSA) is 103 Å². The van der Waals surface area contributed by atoms with Crippen LogP contribution in [0.25, 0.3) is 0 Å². The number of allylic oxidation sites excluding steroid dienone is 2. The fourth-order valence-corrected chi connectivity index (χ4v) is 6.41. The van der Waals surface area contributed by atoms with Crippen LogP contribution in [0.5, 0.6) is 0 Å². The van der Waals surface area contributed by atoms with Gasteiger partial charge >= 0.3 is 11.9 Å². The molecule has 178 valence electrons. The number of esters is 2. The van der Waals surface area contributed by atoms with E-state index in [4.69, 9.17) is 13.9 Å². The fourth-order valence-electron chi connectivity index (χ4n) is 6.41. The van der Waals surface area contributed by atoms with E-state index in [2.05, 4.69) is 6.92 Å². The first-order valence-electron chi connectivity index (χ1n) is 11.4. The standard InChI is InChI=1S/C26H32O7/c1-24(2)18(12-20(28)31-5)25(3,10-7-19(24)27)17-6-9-26(4,21-16(17)14-33-23(21)30)22(29)15-8-11-32-13-15/h7-8,10-11,13,17-18,22,29H,6,9,12,14H2,1-5H3/t17-,18-,22-,25+,26+/m0/s1. The molecule has 4 rings (SSSR count). The summed E-state index contributed by atoms with van der Waals surface area (Å²) in [5.74, 6) is -1.26. The van der Waals surface area contributed by atoms with Gasteiger partial charge in [-0.05, 0) is 47.8 Å². The number of carbonyl (C=O) groups is 3. The highest BCUT2D eigenvalue weighted by Crippen LogP contribution is 2.61. The maximum atomic E-state index is 13.0. The molecule has 0 radical (unpaired) electrons. The number of aliphatic hydroxyl groups excluding tert-OH is 1. The van der Waals surface area contributed by atoms with Gasteiger partial charge in [-0.25, -0.2) is 4.79 Å². The van der Waals surface area contributed by atoms with Gasteiger partial charge in [0.1, 0.15) is 6.61 Å². The van der Waals surface area contributed by atoms with Gasteiger partial charge in [0.05, 0.1) is 32.2 Å². The van der Waals surface area contributed by atoms with Gasteiger partial charge in [-0.1, -0.05) is 33.8 Å². The van der Waals surface area contributed by atoms with E-state index in [9.17, 15) is 19.5 Å². The number of furan rings is 1. The first-order chi connectivity index (χ1) is 15.5. The van der Waals surface area contributed by atoms with Gasteiger partial charge < -0.3 is 19.0 Å². The average molecular weight is 457 g/mol. The fraction of sp³-hybridized carbons (Fsp3) is 0.577. The van der Waals surface area contributed by atoms with Crippen LogP contribution < -0.4 is 0 Å². The highest BCUT2D eigenvalue weighted by molar-refractivity contribution is 5.96. The summed E-state index contributed by atoms with van der Waals surface area (Å²) in [5, 5.41) is 11.2. The summed E-state index contributed by atoms with van der Waals surface area (Å²) in [6, 6.07) is 1.70. The summed E-state index contributed by atoms with van der Waals surface area (Å²) in [6.45, 7) is 7.83. The first kappa shape index (κ1) is 23.5. The molecular weight excluding hydrogens is 424 g/mol. The van der Waals surface area contributed by atoms with E-state index in [0.29, 0.717) is 24.0 Å². The predicted octanol–water partition coefficient (Wildman–Crippen LogP) is 3.93. The summed E-state index contributed by atoms with van der Waals surface area (Å²) < 4.78 is 15.6. The van der Waals surface area contributed by atoms with E-state index in [1.54, 1.807) is 12.1 Å². The van der Waals surface area contributed by atoms with Gasteiger partial charge in [0.15, 0.2) is 5.78 Å². The van der Waals surface area contributed by atoms with Crippen molar-refractivity contribution in [2.75, 3.05) is 13.7 Å². The third-order valence-electron chi connectivity index (χ3n) is 8.49. The Morgan fingerprint density at radius 1 is 1.27 bits per heavy atom. The number of aliphatic hydroxyl groups is 1. The van der Waals surface area contributed by atoms with Crippen LogP contribution in [-0.2, 0) is 23.9 Å². The van der Waals surface area contributed by atoms with Crippen molar-refractivity contribution < 1.29 is 33.4 Å². The van der Waals surface area contributed by atoms with Crippen LogP contribution in [0.3, 0.4) is 0 Å². The molecule has 2 heterocycles. The van der Waals surface area contributed by atoms with Gasteiger partial charge in [0.2, 0.25) is 0 Å². The van der Waals surface area contributed by atoms with Crippen LogP contribution in [0, 0.1) is 28.1 Å². The first-order valence-corrected chi connectivity index (χ1v) is 11.4. The molecule has 0 aromatic carbocycles. The van der Waals surface area contributed by atoms with Gasteiger partial charge in [-0.2, -0.15) is 0 Å². The summed E-state index contributed by atoms with van der Waals surface area (Å²) in [7, 11) is 1.35. The summed E-state index contributed by atoms with van der Waals surface area (Å²) in [5.41, 5.74) is -0.221. The molecule has 5 atom stereocenters. The molecule has 7 heteroatoms. The Bertz CT molecular complexity index is 1030. The highest BCUT2D eigenvalue weighted by atomic mass is 16.5. The number of cyclic esters (lactones) is 1. The smallest absolute Gasteiger partial charge is 0.335 e. The monoisotopic (exact) mass is 456 g/mol. The number of ketones is 1. The maximum Gasteiger partial charge on any atom is 0.335 e. The minimum Gasteiger partial charge on any atom is -0.472 e. The molecule has 0 saturated heterocycles. The van der Waals surface area contributed by atoms with Crippen molar-refractivity contribution in [3.05, 3.63) is 47.5 Å². The summed E-state index contributed by atoms with van der Waals surface area (Å²) in [6.07, 6.45) is 6.89. The molecule has 0 amide bonds. The largest absolute Gasteiger partial charge is 0.472 e. The van der Waals surface area contributed by atoms with Crippen LogP contribution in [0.1, 0.15) is 58.6 Å². The van der Waals surface area contributed by atoms with Crippen molar-refractivity contribution in [2.24, 2.45) is 28.1 Å². The Labute approximate surface area is 193 Å². The molecule has 0 bridgehead atoms. The average Bonchev–Trinajstić information content (AvgIpc) is 3.45. The van der Waals surface area contributed by atoms with Crippen molar-refractivity contribution in [1.29, 1.82) is 0 Å². The van der Waals surface area contributed by atoms with E-state index in [-0.39, 0.29) is 36.6 Å². The molecule has 1 aromatic heterocycles. The van der Waals surface area contributed by atoms with E-state index in [0.717, 1.165) is 5.57 Å². The van der Waals surface area contributed by atoms with Crippen molar-refractivity contribution in [2.45, 2.75) is 53.1 Å². The molecule has 2 aliphatic carbocycles. The van der Waals surface area contributed by atoms with Crippen LogP contribution in [0.4, 0.5) is 0 Å². The maximum absolute atomic E-state index is 13.0. The summed E-state index contributed by atoms with van der Waals surface area (Å²) in [4.78, 5) is 38.1. The second-order valence-electron chi connectivity index (χ2n) is 10.6. The lowest BCUT2D eigenvalue weighted by Gasteiger charge is -2.53. The Kier molecular flexibility index (Phi) is 5.68. The van der Waals surface area contributed by atoms with Crippen molar-refractivity contribution >= 4 is 17.7 Å². The number of hydrogen-bond acceptors (Lipinski definition) is 7. The van der Waals surface area contributed by atoms with Crippen LogP contribution in [0.15, 0.2) is 46.3 Å². The van der Waals surface area contributed by atoms with Crippen LogP contribution in [-0.4, -0.2) is 36.5 Å². The van der Waals surface area contributed by atoms with Crippen LogP contribution in [0.2, 0.25) is 0 Å². The lowest BCUT2D eigenvalue weighted by atomic mass is 9.49. The van der Waals surface area contributed by atoms with E-state index >= 15 is 0 Å². The molecule has 0 saturated carbocycles. The molecule has 3 aliphatic rings. The number of ether oxygens (including phenoxy) is 2. The molecule has 7 nitrogen and oxygen atoms in total. The van der Waals surface area contributed by atoms with Crippen molar-refractivity contribution in [1.82, 2.24) is 0 Å².